The van der Waals surface area contributed by atoms with Gasteiger partial charge < -0.3 is 10.1 Å². The molecule has 0 aromatic heterocycles. The number of hydrogen-bond acceptors (Lipinski definition) is 2. The minimum absolute atomic E-state index is 0.140. The van der Waals surface area contributed by atoms with Gasteiger partial charge in [-0.2, -0.15) is 10.9 Å². The Labute approximate surface area is 110 Å². The largest absolute Gasteiger partial charge is 0.445 e. The zero-order valence-electron chi connectivity index (χ0n) is 9.95. The van der Waals surface area contributed by atoms with Crippen molar-refractivity contribution in [2.24, 2.45) is 0 Å². The number of amides is 1. The van der Waals surface area contributed by atoms with Crippen LogP contribution >= 0.6 is 10.9 Å². The summed E-state index contributed by atoms with van der Waals surface area (Å²) in [6, 6.07) is 9.59. The third-order valence-corrected chi connectivity index (χ3v) is 4.37. The summed E-state index contributed by atoms with van der Waals surface area (Å²) in [6.45, 7) is 4.21. The first kappa shape index (κ1) is 12.8. The lowest BCUT2D eigenvalue weighted by molar-refractivity contribution is 0.140. The molecule has 1 aliphatic rings. The number of hydrogen-bond donors (Lipinski definition) is 2. The SMILES string of the molecule is [CH2]C(NC(=O)OCc1ccccc1)[SH]1C=CC=C1. The van der Waals surface area contributed by atoms with Crippen LogP contribution in [-0.2, 0) is 11.3 Å². The number of carbonyl (C=O) groups is 1. The molecule has 1 heterocycles. The Morgan fingerprint density at radius 1 is 1.28 bits per heavy atom. The topological polar surface area (TPSA) is 38.3 Å². The smallest absolute Gasteiger partial charge is 0.408 e. The van der Waals surface area contributed by atoms with E-state index in [0.717, 1.165) is 5.56 Å². The van der Waals surface area contributed by atoms with Crippen LogP contribution in [0.1, 0.15) is 5.56 Å². The van der Waals surface area contributed by atoms with Crippen LogP contribution in [0.15, 0.2) is 53.3 Å². The van der Waals surface area contributed by atoms with Gasteiger partial charge in [0.1, 0.15) is 6.61 Å². The van der Waals surface area contributed by atoms with Gasteiger partial charge in [-0.05, 0) is 23.3 Å². The summed E-state index contributed by atoms with van der Waals surface area (Å²) in [5, 5.41) is 6.73. The lowest BCUT2D eigenvalue weighted by atomic mass is 10.2. The minimum atomic E-state index is -0.488. The van der Waals surface area contributed by atoms with Gasteiger partial charge in [-0.25, -0.2) is 4.79 Å². The second kappa shape index (κ2) is 6.31. The van der Waals surface area contributed by atoms with Crippen molar-refractivity contribution in [1.29, 1.82) is 0 Å². The molecule has 95 valence electrons. The molecule has 1 aromatic carbocycles. The molecule has 4 heteroatoms. The highest BCUT2D eigenvalue weighted by Crippen LogP contribution is 2.36. The molecule has 3 nitrogen and oxygen atoms in total. The number of rotatable bonds is 4. The van der Waals surface area contributed by atoms with E-state index < -0.39 is 17.0 Å². The number of benzene rings is 1. The van der Waals surface area contributed by atoms with Crippen molar-refractivity contribution >= 4 is 17.0 Å². The lowest BCUT2D eigenvalue weighted by Gasteiger charge is -2.20. The zero-order valence-corrected chi connectivity index (χ0v) is 10.8. The van der Waals surface area contributed by atoms with Crippen molar-refractivity contribution in [3.8, 4) is 0 Å². The van der Waals surface area contributed by atoms with E-state index in [1.807, 2.05) is 42.5 Å². The second-order valence-electron chi connectivity index (χ2n) is 3.85. The molecule has 1 atom stereocenters. The molecule has 1 amide bonds. The van der Waals surface area contributed by atoms with Gasteiger partial charge in [0.05, 0.1) is 5.37 Å². The monoisotopic (exact) mass is 262 g/mol. The highest BCUT2D eigenvalue weighted by Gasteiger charge is 2.13. The first-order chi connectivity index (χ1) is 8.75. The van der Waals surface area contributed by atoms with Crippen molar-refractivity contribution in [2.75, 3.05) is 0 Å². The van der Waals surface area contributed by atoms with Gasteiger partial charge in [0.2, 0.25) is 0 Å². The zero-order chi connectivity index (χ0) is 12.8. The summed E-state index contributed by atoms with van der Waals surface area (Å²) in [7, 11) is -0.488. The molecule has 0 fully saturated rings. The molecule has 1 aliphatic heterocycles. The second-order valence-corrected chi connectivity index (χ2v) is 5.97. The Balaban J connectivity index is 1.75. The maximum Gasteiger partial charge on any atom is 0.408 e. The van der Waals surface area contributed by atoms with Gasteiger partial charge in [-0.1, -0.05) is 42.5 Å². The van der Waals surface area contributed by atoms with Gasteiger partial charge in [0, 0.05) is 0 Å². The Morgan fingerprint density at radius 3 is 2.61 bits per heavy atom. The molecule has 1 aromatic rings. The third-order valence-electron chi connectivity index (χ3n) is 2.48. The van der Waals surface area contributed by atoms with E-state index in [9.17, 15) is 4.79 Å². The van der Waals surface area contributed by atoms with Gasteiger partial charge in [-0.15, -0.1) is 0 Å². The first-order valence-electron chi connectivity index (χ1n) is 5.68. The fourth-order valence-corrected chi connectivity index (χ4v) is 2.90. The molecule has 0 aliphatic carbocycles. The van der Waals surface area contributed by atoms with Gasteiger partial charge in [-0.3, -0.25) is 0 Å². The normalized spacial score (nSPS) is 16.6. The van der Waals surface area contributed by atoms with Crippen LogP contribution in [0, 0.1) is 6.92 Å². The van der Waals surface area contributed by atoms with Crippen LogP contribution < -0.4 is 5.32 Å². The summed E-state index contributed by atoms with van der Waals surface area (Å²) in [6.07, 6.45) is 3.52. The minimum Gasteiger partial charge on any atom is -0.445 e. The van der Waals surface area contributed by atoms with Crippen LogP contribution in [0.2, 0.25) is 0 Å². The van der Waals surface area contributed by atoms with E-state index in [4.69, 9.17) is 4.74 Å². The van der Waals surface area contributed by atoms with Gasteiger partial charge >= 0.3 is 6.09 Å². The molecule has 0 spiro atoms. The molecule has 0 bridgehead atoms. The number of ether oxygens (including phenoxy) is 1. The summed E-state index contributed by atoms with van der Waals surface area (Å²) < 4.78 is 5.13. The Kier molecular flexibility index (Phi) is 4.47. The fourth-order valence-electron chi connectivity index (χ4n) is 1.53. The molecule has 1 N–H and O–H groups in total. The molecule has 0 saturated carbocycles. The van der Waals surface area contributed by atoms with E-state index in [-0.39, 0.29) is 12.0 Å². The highest BCUT2D eigenvalue weighted by molar-refractivity contribution is 8.22. The average molecular weight is 262 g/mol. The molecule has 1 radical (unpaired) electrons. The van der Waals surface area contributed by atoms with Crippen LogP contribution in [0.4, 0.5) is 4.79 Å². The van der Waals surface area contributed by atoms with Crippen molar-refractivity contribution in [2.45, 2.75) is 12.0 Å². The summed E-state index contributed by atoms with van der Waals surface area (Å²) in [4.78, 5) is 11.6. The Hall–Kier alpha value is -1.68. The lowest BCUT2D eigenvalue weighted by Crippen LogP contribution is -2.32. The van der Waals surface area contributed by atoms with Crippen LogP contribution in [0.25, 0.3) is 0 Å². The molecule has 0 saturated heterocycles. The molecule has 1 unspecified atom stereocenters. The first-order valence-corrected chi connectivity index (χ1v) is 7.23. The van der Waals surface area contributed by atoms with E-state index >= 15 is 0 Å². The van der Waals surface area contributed by atoms with Crippen LogP contribution in [0.5, 0.6) is 0 Å². The number of alkyl carbamates (subject to hydrolysis) is 1. The number of nitrogens with one attached hydrogen (secondary N) is 1. The number of thiol groups is 1. The van der Waals surface area contributed by atoms with Gasteiger partial charge in [0.25, 0.3) is 0 Å². The summed E-state index contributed by atoms with van der Waals surface area (Å²) in [5.74, 6) is 0. The molecule has 18 heavy (non-hydrogen) atoms. The van der Waals surface area contributed by atoms with E-state index in [0.29, 0.717) is 0 Å². The van der Waals surface area contributed by atoms with E-state index in [1.54, 1.807) is 0 Å². The van der Waals surface area contributed by atoms with Crippen molar-refractivity contribution in [3.63, 3.8) is 0 Å². The summed E-state index contributed by atoms with van der Waals surface area (Å²) in [5.41, 5.74) is 0.972. The molecule has 2 rings (SSSR count). The molecular weight excluding hydrogens is 246 g/mol. The van der Waals surface area contributed by atoms with Crippen LogP contribution in [-0.4, -0.2) is 11.5 Å². The van der Waals surface area contributed by atoms with Crippen molar-refractivity contribution in [3.05, 3.63) is 65.8 Å². The van der Waals surface area contributed by atoms with Crippen molar-refractivity contribution in [1.82, 2.24) is 5.32 Å². The predicted octanol–water partition coefficient (Wildman–Crippen LogP) is 3.12. The number of carbonyl (C=O) groups excluding carboxylic acids is 1. The number of allylic oxidation sites excluding steroid dienone is 2. The van der Waals surface area contributed by atoms with Crippen LogP contribution in [0.3, 0.4) is 0 Å². The van der Waals surface area contributed by atoms with Crippen molar-refractivity contribution < 1.29 is 9.53 Å². The maximum absolute atomic E-state index is 11.6. The predicted molar refractivity (Wildman–Crippen MR) is 76.2 cm³/mol. The Bertz CT molecular complexity index is 444. The van der Waals surface area contributed by atoms with E-state index in [2.05, 4.69) is 23.1 Å². The fraction of sp³-hybridized carbons (Fsp3) is 0.143. The maximum atomic E-state index is 11.6. The summed E-state index contributed by atoms with van der Waals surface area (Å²) >= 11 is 0. The quantitative estimate of drug-likeness (QED) is 0.818. The average Bonchev–Trinajstić information content (AvgIpc) is 2.91. The van der Waals surface area contributed by atoms with Gasteiger partial charge in [0.15, 0.2) is 0 Å². The highest BCUT2D eigenvalue weighted by atomic mass is 32.2. The Morgan fingerprint density at radius 2 is 1.94 bits per heavy atom. The third kappa shape index (κ3) is 3.67. The standard InChI is InChI=1S/C14H16NO2S/c1-12(18-9-5-6-10-18)15-14(16)17-11-13-7-3-2-4-8-13/h2-10,12,18H,1,11H2,(H,15,16). The molecular formula is C14H16NO2S. The van der Waals surface area contributed by atoms with E-state index in [1.165, 1.54) is 0 Å².